The first-order valence-corrected chi connectivity index (χ1v) is 8.21. The number of hydrogen-bond acceptors (Lipinski definition) is 4. The quantitative estimate of drug-likeness (QED) is 0.545. The molecule has 5 rings (SSSR count). The fourth-order valence-corrected chi connectivity index (χ4v) is 3.29. The summed E-state index contributed by atoms with van der Waals surface area (Å²) in [5, 5.41) is 16.9. The first-order chi connectivity index (χ1) is 12.7. The van der Waals surface area contributed by atoms with Crippen molar-refractivity contribution in [3.05, 3.63) is 55.2 Å². The van der Waals surface area contributed by atoms with Crippen LogP contribution in [0.25, 0.3) is 38.7 Å². The summed E-state index contributed by atoms with van der Waals surface area (Å²) in [6.45, 7) is 0. The van der Waals surface area contributed by atoms with Crippen LogP contribution in [0.2, 0.25) is 0 Å². The standard InChI is InChI=1S/C19H16N6O/c1-24-10-15(8-21-24)14-6-18(26-2)19-16(9-22-25(19)11-14)12-3-4-17-13(5-12)7-20-23-17/h3-11H,1-2H3,(H,20,23). The first kappa shape index (κ1) is 14.7. The van der Waals surface area contributed by atoms with E-state index < -0.39 is 0 Å². The zero-order valence-corrected chi connectivity index (χ0v) is 14.3. The number of hydrogen-bond donors (Lipinski definition) is 1. The van der Waals surface area contributed by atoms with Crippen LogP contribution in [0.1, 0.15) is 0 Å². The van der Waals surface area contributed by atoms with E-state index in [-0.39, 0.29) is 0 Å². The number of methoxy groups -OCH3 is 1. The van der Waals surface area contributed by atoms with E-state index in [1.807, 2.05) is 54.7 Å². The normalized spacial score (nSPS) is 11.5. The van der Waals surface area contributed by atoms with Crippen LogP contribution in [0.4, 0.5) is 0 Å². The molecule has 5 aromatic rings. The second-order valence-electron chi connectivity index (χ2n) is 6.22. The molecular formula is C19H16N6O. The number of ether oxygens (including phenoxy) is 1. The van der Waals surface area contributed by atoms with E-state index in [2.05, 4.69) is 32.5 Å². The fraction of sp³-hybridized carbons (Fsp3) is 0.105. The van der Waals surface area contributed by atoms with E-state index in [0.717, 1.165) is 44.4 Å². The van der Waals surface area contributed by atoms with Crippen molar-refractivity contribution in [1.29, 1.82) is 0 Å². The van der Waals surface area contributed by atoms with Gasteiger partial charge >= 0.3 is 0 Å². The SMILES string of the molecule is COc1cc(-c2cnn(C)c2)cn2ncc(-c3ccc4[nH]ncc4c3)c12. The van der Waals surface area contributed by atoms with Crippen LogP contribution in [0.15, 0.2) is 55.2 Å². The maximum Gasteiger partial charge on any atom is 0.145 e. The minimum Gasteiger partial charge on any atom is -0.494 e. The lowest BCUT2D eigenvalue weighted by atomic mass is 10.0. The Balaban J connectivity index is 1.72. The third-order valence-electron chi connectivity index (χ3n) is 4.59. The molecule has 0 saturated heterocycles. The average molecular weight is 344 g/mol. The lowest BCUT2D eigenvalue weighted by Gasteiger charge is -2.08. The summed E-state index contributed by atoms with van der Waals surface area (Å²) < 4.78 is 9.32. The molecule has 1 N–H and O–H groups in total. The van der Waals surface area contributed by atoms with E-state index in [9.17, 15) is 0 Å². The topological polar surface area (TPSA) is 73.0 Å². The predicted molar refractivity (Wildman–Crippen MR) is 99.0 cm³/mol. The molecule has 4 heterocycles. The molecular weight excluding hydrogens is 328 g/mol. The van der Waals surface area contributed by atoms with Crippen molar-refractivity contribution in [2.24, 2.45) is 7.05 Å². The molecule has 0 amide bonds. The molecule has 0 bridgehead atoms. The molecule has 0 unspecified atom stereocenters. The van der Waals surface area contributed by atoms with Gasteiger partial charge in [0.2, 0.25) is 0 Å². The van der Waals surface area contributed by atoms with Gasteiger partial charge in [-0.3, -0.25) is 9.78 Å². The van der Waals surface area contributed by atoms with Crippen LogP contribution < -0.4 is 4.74 Å². The molecule has 4 aromatic heterocycles. The highest BCUT2D eigenvalue weighted by atomic mass is 16.5. The summed E-state index contributed by atoms with van der Waals surface area (Å²) in [7, 11) is 3.58. The van der Waals surface area contributed by atoms with Gasteiger partial charge in [-0.25, -0.2) is 4.52 Å². The van der Waals surface area contributed by atoms with Crippen LogP contribution >= 0.6 is 0 Å². The number of aromatic amines is 1. The smallest absolute Gasteiger partial charge is 0.145 e. The van der Waals surface area contributed by atoms with Crippen molar-refractivity contribution in [3.63, 3.8) is 0 Å². The summed E-state index contributed by atoms with van der Waals surface area (Å²) in [5.41, 5.74) is 6.05. The van der Waals surface area contributed by atoms with Crippen molar-refractivity contribution in [2.75, 3.05) is 7.11 Å². The zero-order chi connectivity index (χ0) is 17.7. The summed E-state index contributed by atoms with van der Waals surface area (Å²) >= 11 is 0. The Morgan fingerprint density at radius 1 is 0.962 bits per heavy atom. The van der Waals surface area contributed by atoms with Gasteiger partial charge in [0.15, 0.2) is 0 Å². The van der Waals surface area contributed by atoms with E-state index >= 15 is 0 Å². The largest absolute Gasteiger partial charge is 0.494 e. The van der Waals surface area contributed by atoms with Gasteiger partial charge in [-0.1, -0.05) is 6.07 Å². The Hall–Kier alpha value is -3.61. The number of rotatable bonds is 3. The predicted octanol–water partition coefficient (Wildman–Crippen LogP) is 3.29. The Kier molecular flexibility index (Phi) is 3.08. The number of aryl methyl sites for hydroxylation is 1. The van der Waals surface area contributed by atoms with Gasteiger partial charge in [-0.15, -0.1) is 0 Å². The van der Waals surface area contributed by atoms with E-state index in [1.54, 1.807) is 11.8 Å². The summed E-state index contributed by atoms with van der Waals surface area (Å²) in [6.07, 6.45) is 9.48. The molecule has 26 heavy (non-hydrogen) atoms. The third kappa shape index (κ3) is 2.17. The third-order valence-corrected chi connectivity index (χ3v) is 4.59. The van der Waals surface area contributed by atoms with Gasteiger partial charge in [0, 0.05) is 41.5 Å². The summed E-state index contributed by atoms with van der Waals surface area (Å²) in [5.74, 6) is 0.770. The van der Waals surface area contributed by atoms with Gasteiger partial charge in [-0.05, 0) is 23.8 Å². The van der Waals surface area contributed by atoms with Crippen LogP contribution in [0, 0.1) is 0 Å². The van der Waals surface area contributed by atoms with Gasteiger partial charge in [0.25, 0.3) is 0 Å². The lowest BCUT2D eigenvalue weighted by Crippen LogP contribution is -1.94. The Labute approximate surface area is 148 Å². The molecule has 1 aromatic carbocycles. The Morgan fingerprint density at radius 3 is 2.69 bits per heavy atom. The number of H-pyrrole nitrogens is 1. The molecule has 0 aliphatic rings. The van der Waals surface area contributed by atoms with Crippen molar-refractivity contribution >= 4 is 16.4 Å². The molecule has 0 aliphatic heterocycles. The number of nitrogens with zero attached hydrogens (tertiary/aromatic N) is 5. The zero-order valence-electron chi connectivity index (χ0n) is 14.3. The van der Waals surface area contributed by atoms with Gasteiger partial charge in [0.1, 0.15) is 11.3 Å². The van der Waals surface area contributed by atoms with Crippen LogP contribution in [0.3, 0.4) is 0 Å². The van der Waals surface area contributed by atoms with Crippen molar-refractivity contribution < 1.29 is 4.74 Å². The van der Waals surface area contributed by atoms with Gasteiger partial charge in [0.05, 0.1) is 31.2 Å². The molecule has 7 heteroatoms. The van der Waals surface area contributed by atoms with Crippen LogP contribution in [-0.4, -0.2) is 36.7 Å². The van der Waals surface area contributed by atoms with Gasteiger partial charge < -0.3 is 4.74 Å². The second kappa shape index (κ2) is 5.45. The number of benzene rings is 1. The number of fused-ring (bicyclic) bond motifs is 2. The second-order valence-corrected chi connectivity index (χ2v) is 6.22. The monoisotopic (exact) mass is 344 g/mol. The molecule has 0 saturated carbocycles. The van der Waals surface area contributed by atoms with Crippen molar-refractivity contribution in [3.8, 4) is 28.0 Å². The van der Waals surface area contributed by atoms with E-state index in [1.165, 1.54) is 0 Å². The van der Waals surface area contributed by atoms with Crippen LogP contribution in [0.5, 0.6) is 5.75 Å². The maximum atomic E-state index is 5.68. The molecule has 0 aliphatic carbocycles. The molecule has 0 radical (unpaired) electrons. The highest BCUT2D eigenvalue weighted by Gasteiger charge is 2.15. The number of nitrogens with one attached hydrogen (secondary N) is 1. The molecule has 0 spiro atoms. The average Bonchev–Trinajstić information content (AvgIpc) is 3.38. The molecule has 128 valence electrons. The maximum absolute atomic E-state index is 5.68. The minimum atomic E-state index is 0.770. The van der Waals surface area contributed by atoms with Crippen LogP contribution in [-0.2, 0) is 7.05 Å². The van der Waals surface area contributed by atoms with Gasteiger partial charge in [-0.2, -0.15) is 15.3 Å². The molecule has 0 atom stereocenters. The first-order valence-electron chi connectivity index (χ1n) is 8.21. The van der Waals surface area contributed by atoms with Crippen molar-refractivity contribution in [2.45, 2.75) is 0 Å². The highest BCUT2D eigenvalue weighted by molar-refractivity contribution is 5.91. The minimum absolute atomic E-state index is 0.770. The summed E-state index contributed by atoms with van der Waals surface area (Å²) in [6, 6.07) is 8.21. The highest BCUT2D eigenvalue weighted by Crippen LogP contribution is 2.35. The van der Waals surface area contributed by atoms with E-state index in [4.69, 9.17) is 4.74 Å². The fourth-order valence-electron chi connectivity index (χ4n) is 3.29. The molecule has 7 nitrogen and oxygen atoms in total. The van der Waals surface area contributed by atoms with E-state index in [0.29, 0.717) is 0 Å². The number of aromatic nitrogens is 6. The lowest BCUT2D eigenvalue weighted by molar-refractivity contribution is 0.418. The Morgan fingerprint density at radius 2 is 1.88 bits per heavy atom. The van der Waals surface area contributed by atoms with Crippen molar-refractivity contribution in [1.82, 2.24) is 29.6 Å². The number of pyridine rings is 1. The summed E-state index contributed by atoms with van der Waals surface area (Å²) in [4.78, 5) is 0. The Bertz CT molecular complexity index is 1250. The molecule has 0 fully saturated rings.